The van der Waals surface area contributed by atoms with E-state index in [2.05, 4.69) is 0 Å². The van der Waals surface area contributed by atoms with E-state index < -0.39 is 11.0 Å². The standard InChI is InChI=1S/C9H13NOS/c1-6-4-7(2)9(12(10)11)8(3)5-6/h4-5H,10H2,1-3H3/t12-/m0/s1. The lowest BCUT2D eigenvalue weighted by atomic mass is 10.1. The van der Waals surface area contributed by atoms with Crippen molar-refractivity contribution < 1.29 is 4.21 Å². The topological polar surface area (TPSA) is 43.1 Å². The Kier molecular flexibility index (Phi) is 2.65. The zero-order chi connectivity index (χ0) is 9.30. The van der Waals surface area contributed by atoms with Crippen molar-refractivity contribution in [3.05, 3.63) is 28.8 Å². The first kappa shape index (κ1) is 9.42. The molecule has 0 aliphatic carbocycles. The summed E-state index contributed by atoms with van der Waals surface area (Å²) in [4.78, 5) is 0.764. The highest BCUT2D eigenvalue weighted by Gasteiger charge is 2.06. The van der Waals surface area contributed by atoms with Gasteiger partial charge in [0.1, 0.15) is 11.0 Å². The molecule has 2 nitrogen and oxygen atoms in total. The Balaban J connectivity index is 3.38. The van der Waals surface area contributed by atoms with Crippen LogP contribution >= 0.6 is 0 Å². The van der Waals surface area contributed by atoms with Gasteiger partial charge < -0.3 is 0 Å². The van der Waals surface area contributed by atoms with E-state index in [1.54, 1.807) is 0 Å². The van der Waals surface area contributed by atoms with Crippen LogP contribution in [0, 0.1) is 20.8 Å². The molecule has 2 N–H and O–H groups in total. The van der Waals surface area contributed by atoms with Gasteiger partial charge in [-0.15, -0.1) is 0 Å². The van der Waals surface area contributed by atoms with Crippen LogP contribution in [-0.4, -0.2) is 4.21 Å². The van der Waals surface area contributed by atoms with E-state index in [1.165, 1.54) is 5.56 Å². The molecule has 0 radical (unpaired) electrons. The SMILES string of the molecule is Cc1cc(C)c([S@@](N)=O)c(C)c1. The number of aryl methyl sites for hydroxylation is 3. The van der Waals surface area contributed by atoms with Crippen molar-refractivity contribution in [1.82, 2.24) is 0 Å². The molecule has 0 amide bonds. The first-order chi connectivity index (χ1) is 5.52. The summed E-state index contributed by atoms with van der Waals surface area (Å²) in [6.45, 7) is 5.88. The summed E-state index contributed by atoms with van der Waals surface area (Å²) in [5.74, 6) is 0. The number of rotatable bonds is 1. The minimum atomic E-state index is -1.36. The van der Waals surface area contributed by atoms with E-state index in [0.29, 0.717) is 0 Å². The van der Waals surface area contributed by atoms with Gasteiger partial charge in [0.2, 0.25) is 0 Å². The number of hydrogen-bond donors (Lipinski definition) is 1. The minimum absolute atomic E-state index is 0.764. The molecule has 0 saturated carbocycles. The zero-order valence-electron chi connectivity index (χ0n) is 7.55. The Morgan fingerprint density at radius 1 is 1.17 bits per heavy atom. The van der Waals surface area contributed by atoms with Crippen LogP contribution in [0.25, 0.3) is 0 Å². The fourth-order valence-electron chi connectivity index (χ4n) is 1.48. The molecular weight excluding hydrogens is 170 g/mol. The number of hydrogen-bond acceptors (Lipinski definition) is 1. The molecule has 0 aliphatic heterocycles. The molecule has 0 unspecified atom stereocenters. The molecule has 0 aliphatic rings. The van der Waals surface area contributed by atoms with Crippen molar-refractivity contribution in [3.63, 3.8) is 0 Å². The molecule has 66 valence electrons. The highest BCUT2D eigenvalue weighted by molar-refractivity contribution is 7.82. The largest absolute Gasteiger partial charge is 0.248 e. The minimum Gasteiger partial charge on any atom is -0.248 e. The van der Waals surface area contributed by atoms with Gasteiger partial charge in [0.05, 0.1) is 4.90 Å². The predicted octanol–water partition coefficient (Wildman–Crippen LogP) is 1.59. The summed E-state index contributed by atoms with van der Waals surface area (Å²) in [5.41, 5.74) is 3.20. The van der Waals surface area contributed by atoms with Crippen LogP contribution in [0.15, 0.2) is 17.0 Å². The van der Waals surface area contributed by atoms with Crippen molar-refractivity contribution in [1.29, 1.82) is 0 Å². The average molecular weight is 183 g/mol. The fraction of sp³-hybridized carbons (Fsp3) is 0.333. The number of benzene rings is 1. The Morgan fingerprint density at radius 2 is 1.58 bits per heavy atom. The molecule has 0 fully saturated rings. The van der Waals surface area contributed by atoms with Crippen molar-refractivity contribution in [2.24, 2.45) is 5.14 Å². The lowest BCUT2D eigenvalue weighted by Crippen LogP contribution is -2.07. The van der Waals surface area contributed by atoms with Crippen molar-refractivity contribution in [3.8, 4) is 0 Å². The maximum Gasteiger partial charge on any atom is 0.122 e. The summed E-state index contributed by atoms with van der Waals surface area (Å²) in [7, 11) is -1.36. The molecular formula is C9H13NOS. The second kappa shape index (κ2) is 3.37. The van der Waals surface area contributed by atoms with Gasteiger partial charge in [0.25, 0.3) is 0 Å². The molecule has 1 aromatic carbocycles. The molecule has 0 bridgehead atoms. The van der Waals surface area contributed by atoms with Crippen molar-refractivity contribution >= 4 is 11.0 Å². The lowest BCUT2D eigenvalue weighted by Gasteiger charge is -2.07. The maximum absolute atomic E-state index is 11.1. The van der Waals surface area contributed by atoms with Crippen LogP contribution in [0.2, 0.25) is 0 Å². The zero-order valence-corrected chi connectivity index (χ0v) is 8.37. The van der Waals surface area contributed by atoms with Crippen LogP contribution in [-0.2, 0) is 11.0 Å². The molecule has 0 spiro atoms. The normalized spacial score (nSPS) is 13.0. The van der Waals surface area contributed by atoms with Gasteiger partial charge in [-0.3, -0.25) is 0 Å². The van der Waals surface area contributed by atoms with Gasteiger partial charge in [-0.2, -0.15) is 0 Å². The molecule has 1 atom stereocenters. The van der Waals surface area contributed by atoms with Crippen LogP contribution in [0.3, 0.4) is 0 Å². The Labute approximate surface area is 75.4 Å². The van der Waals surface area contributed by atoms with E-state index in [1.807, 2.05) is 32.9 Å². The first-order valence-corrected chi connectivity index (χ1v) is 4.97. The maximum atomic E-state index is 11.1. The summed E-state index contributed by atoms with van der Waals surface area (Å²) < 4.78 is 11.1. The quantitative estimate of drug-likeness (QED) is 0.706. The first-order valence-electron chi connectivity index (χ1n) is 3.76. The molecule has 12 heavy (non-hydrogen) atoms. The summed E-state index contributed by atoms with van der Waals surface area (Å²) in [6.07, 6.45) is 0. The number of nitrogens with two attached hydrogens (primary N) is 1. The van der Waals surface area contributed by atoms with Crippen LogP contribution in [0.4, 0.5) is 0 Å². The highest BCUT2D eigenvalue weighted by Crippen LogP contribution is 2.17. The monoisotopic (exact) mass is 183 g/mol. The van der Waals surface area contributed by atoms with Gasteiger partial charge in [-0.05, 0) is 31.9 Å². The molecule has 0 aromatic heterocycles. The fourth-order valence-corrected chi connectivity index (χ4v) is 2.24. The lowest BCUT2D eigenvalue weighted by molar-refractivity contribution is 0.683. The van der Waals surface area contributed by atoms with Gasteiger partial charge in [0, 0.05) is 0 Å². The molecule has 0 saturated heterocycles. The Hall–Kier alpha value is -0.670. The van der Waals surface area contributed by atoms with Gasteiger partial charge in [-0.1, -0.05) is 17.7 Å². The molecule has 1 aromatic rings. The van der Waals surface area contributed by atoms with E-state index in [-0.39, 0.29) is 0 Å². The van der Waals surface area contributed by atoms with Gasteiger partial charge in [-0.25, -0.2) is 9.35 Å². The van der Waals surface area contributed by atoms with Gasteiger partial charge >= 0.3 is 0 Å². The van der Waals surface area contributed by atoms with E-state index in [0.717, 1.165) is 16.0 Å². The summed E-state index contributed by atoms with van der Waals surface area (Å²) in [6, 6.07) is 3.99. The van der Waals surface area contributed by atoms with E-state index in [4.69, 9.17) is 5.14 Å². The third-order valence-electron chi connectivity index (χ3n) is 1.81. The molecule has 0 heterocycles. The molecule has 3 heteroatoms. The second-order valence-corrected chi connectivity index (χ2v) is 4.03. The Bertz CT molecular complexity index is 310. The smallest absolute Gasteiger partial charge is 0.122 e. The Morgan fingerprint density at radius 3 is 1.92 bits per heavy atom. The van der Waals surface area contributed by atoms with Crippen LogP contribution < -0.4 is 5.14 Å². The third kappa shape index (κ3) is 1.73. The average Bonchev–Trinajstić information content (AvgIpc) is 1.82. The summed E-state index contributed by atoms with van der Waals surface area (Å²) in [5, 5.41) is 5.34. The second-order valence-electron chi connectivity index (χ2n) is 3.03. The van der Waals surface area contributed by atoms with Crippen LogP contribution in [0.5, 0.6) is 0 Å². The predicted molar refractivity (Wildman–Crippen MR) is 51.2 cm³/mol. The van der Waals surface area contributed by atoms with Crippen molar-refractivity contribution in [2.75, 3.05) is 0 Å². The van der Waals surface area contributed by atoms with Crippen molar-refractivity contribution in [2.45, 2.75) is 25.7 Å². The molecule has 1 rings (SSSR count). The third-order valence-corrected chi connectivity index (χ3v) is 2.85. The van der Waals surface area contributed by atoms with Gasteiger partial charge in [0.15, 0.2) is 0 Å². The van der Waals surface area contributed by atoms with E-state index >= 15 is 0 Å². The summed E-state index contributed by atoms with van der Waals surface area (Å²) >= 11 is 0. The highest BCUT2D eigenvalue weighted by atomic mass is 32.2. The van der Waals surface area contributed by atoms with E-state index in [9.17, 15) is 4.21 Å². The van der Waals surface area contributed by atoms with Crippen LogP contribution in [0.1, 0.15) is 16.7 Å².